The van der Waals surface area contributed by atoms with Crippen LogP contribution in [0.2, 0.25) is 0 Å². The van der Waals surface area contributed by atoms with Crippen LogP contribution in [0.15, 0.2) is 17.3 Å². The van der Waals surface area contributed by atoms with Gasteiger partial charge in [0.1, 0.15) is 5.82 Å². The molecule has 48 valence electrons. The van der Waals surface area contributed by atoms with E-state index in [1.165, 1.54) is 0 Å². The lowest BCUT2D eigenvalue weighted by Gasteiger charge is -1.92. The highest BCUT2D eigenvalue weighted by molar-refractivity contribution is 7.98. The van der Waals surface area contributed by atoms with Crippen LogP contribution in [0.25, 0.3) is 0 Å². The minimum atomic E-state index is 0.827. The van der Waals surface area contributed by atoms with Gasteiger partial charge in [-0.2, -0.15) is 0 Å². The molecule has 3 heteroatoms. The summed E-state index contributed by atoms with van der Waals surface area (Å²) in [5, 5.41) is 0. The van der Waals surface area contributed by atoms with Gasteiger partial charge in [0, 0.05) is 17.3 Å². The maximum absolute atomic E-state index is 4.02. The summed E-state index contributed by atoms with van der Waals surface area (Å²) in [7, 11) is 0. The lowest BCUT2D eigenvalue weighted by Crippen LogP contribution is -1.84. The summed E-state index contributed by atoms with van der Waals surface area (Å²) in [4.78, 5) is 9.15. The number of aromatic nitrogens is 2. The third kappa shape index (κ3) is 1.68. The molecule has 0 aliphatic carbocycles. The lowest BCUT2D eigenvalue weighted by molar-refractivity contribution is 1.01. The van der Waals surface area contributed by atoms with E-state index in [1.54, 1.807) is 11.8 Å². The van der Waals surface area contributed by atoms with Gasteiger partial charge in [-0.15, -0.1) is 11.8 Å². The van der Waals surface area contributed by atoms with E-state index >= 15 is 0 Å². The van der Waals surface area contributed by atoms with Crippen LogP contribution in [0.3, 0.4) is 0 Å². The molecular formula is C6H8N2S. The van der Waals surface area contributed by atoms with Crippen LogP contribution in [0, 0.1) is 6.92 Å². The van der Waals surface area contributed by atoms with Crippen molar-refractivity contribution in [2.45, 2.75) is 11.8 Å². The van der Waals surface area contributed by atoms with Crippen molar-refractivity contribution in [2.75, 3.05) is 6.26 Å². The van der Waals surface area contributed by atoms with E-state index in [1.807, 2.05) is 25.6 Å². The average Bonchev–Trinajstić information content (AvgIpc) is 1.90. The van der Waals surface area contributed by atoms with Crippen LogP contribution in [0.1, 0.15) is 5.82 Å². The van der Waals surface area contributed by atoms with Gasteiger partial charge < -0.3 is 0 Å². The predicted octanol–water partition coefficient (Wildman–Crippen LogP) is 1.51. The second-order valence-corrected chi connectivity index (χ2v) is 2.55. The second kappa shape index (κ2) is 2.82. The summed E-state index contributed by atoms with van der Waals surface area (Å²) in [6, 6.07) is 0. The molecule has 0 spiro atoms. The Hall–Kier alpha value is -0.570. The zero-order valence-electron chi connectivity index (χ0n) is 5.46. The molecule has 0 atom stereocenters. The van der Waals surface area contributed by atoms with Crippen molar-refractivity contribution in [3.05, 3.63) is 18.2 Å². The monoisotopic (exact) mass is 140 g/mol. The molecule has 1 heterocycles. The molecule has 0 amide bonds. The zero-order chi connectivity index (χ0) is 6.69. The Morgan fingerprint density at radius 2 is 1.89 bits per heavy atom. The summed E-state index contributed by atoms with van der Waals surface area (Å²) in [5.74, 6) is 0.827. The molecule has 9 heavy (non-hydrogen) atoms. The van der Waals surface area contributed by atoms with E-state index in [2.05, 4.69) is 9.97 Å². The second-order valence-electron chi connectivity index (χ2n) is 1.67. The fraction of sp³-hybridized carbons (Fsp3) is 0.333. The van der Waals surface area contributed by atoms with Crippen LogP contribution >= 0.6 is 11.8 Å². The molecule has 0 radical (unpaired) electrons. The van der Waals surface area contributed by atoms with Gasteiger partial charge in [-0.25, -0.2) is 9.97 Å². The number of nitrogens with zero attached hydrogens (tertiary/aromatic N) is 2. The maximum atomic E-state index is 4.02. The van der Waals surface area contributed by atoms with E-state index in [0.717, 1.165) is 10.7 Å². The highest BCUT2D eigenvalue weighted by Gasteiger charge is 1.88. The van der Waals surface area contributed by atoms with Crippen LogP contribution in [-0.4, -0.2) is 16.2 Å². The molecule has 1 aromatic rings. The number of aryl methyl sites for hydroxylation is 1. The minimum absolute atomic E-state index is 0.827. The molecule has 0 unspecified atom stereocenters. The number of rotatable bonds is 1. The normalized spacial score (nSPS) is 9.56. The van der Waals surface area contributed by atoms with Crippen molar-refractivity contribution >= 4 is 11.8 Å². The Labute approximate surface area is 58.7 Å². The Morgan fingerprint density at radius 3 is 2.33 bits per heavy atom. The van der Waals surface area contributed by atoms with Crippen molar-refractivity contribution in [3.63, 3.8) is 0 Å². The van der Waals surface area contributed by atoms with Crippen molar-refractivity contribution < 1.29 is 0 Å². The molecule has 0 aliphatic rings. The summed E-state index contributed by atoms with van der Waals surface area (Å²) < 4.78 is 0. The number of hydrogen-bond donors (Lipinski definition) is 0. The summed E-state index contributed by atoms with van der Waals surface area (Å²) in [6.45, 7) is 1.88. The molecule has 0 bridgehead atoms. The van der Waals surface area contributed by atoms with Crippen LogP contribution in [0.4, 0.5) is 0 Å². The van der Waals surface area contributed by atoms with Gasteiger partial charge in [-0.1, -0.05) is 0 Å². The SMILES string of the molecule is CSc1cnc(C)nc1. The molecule has 1 rings (SSSR count). The van der Waals surface area contributed by atoms with E-state index < -0.39 is 0 Å². The smallest absolute Gasteiger partial charge is 0.125 e. The van der Waals surface area contributed by atoms with Gasteiger partial charge in [0.05, 0.1) is 0 Å². The van der Waals surface area contributed by atoms with Crippen LogP contribution in [-0.2, 0) is 0 Å². The fourth-order valence-corrected chi connectivity index (χ4v) is 0.802. The molecule has 0 saturated carbocycles. The van der Waals surface area contributed by atoms with E-state index in [4.69, 9.17) is 0 Å². The van der Waals surface area contributed by atoms with Gasteiger partial charge >= 0.3 is 0 Å². The first-order valence-electron chi connectivity index (χ1n) is 2.65. The van der Waals surface area contributed by atoms with Crippen molar-refractivity contribution in [1.29, 1.82) is 0 Å². The first-order valence-corrected chi connectivity index (χ1v) is 3.88. The maximum Gasteiger partial charge on any atom is 0.125 e. The highest BCUT2D eigenvalue weighted by Crippen LogP contribution is 2.09. The molecule has 0 aliphatic heterocycles. The first-order chi connectivity index (χ1) is 4.33. The van der Waals surface area contributed by atoms with Gasteiger partial charge in [-0.05, 0) is 13.2 Å². The Morgan fingerprint density at radius 1 is 1.33 bits per heavy atom. The quantitative estimate of drug-likeness (QED) is 0.553. The summed E-state index contributed by atoms with van der Waals surface area (Å²) in [6.07, 6.45) is 5.66. The van der Waals surface area contributed by atoms with Gasteiger partial charge in [-0.3, -0.25) is 0 Å². The van der Waals surface area contributed by atoms with E-state index in [-0.39, 0.29) is 0 Å². The van der Waals surface area contributed by atoms with Gasteiger partial charge in [0.2, 0.25) is 0 Å². The summed E-state index contributed by atoms with van der Waals surface area (Å²) >= 11 is 1.65. The Kier molecular flexibility index (Phi) is 2.05. The molecule has 0 N–H and O–H groups in total. The molecule has 2 nitrogen and oxygen atoms in total. The number of thioether (sulfide) groups is 1. The van der Waals surface area contributed by atoms with E-state index in [0.29, 0.717) is 0 Å². The molecule has 0 saturated heterocycles. The molecule has 0 fully saturated rings. The van der Waals surface area contributed by atoms with Crippen molar-refractivity contribution in [2.24, 2.45) is 0 Å². The topological polar surface area (TPSA) is 25.8 Å². The third-order valence-electron chi connectivity index (χ3n) is 0.993. The minimum Gasteiger partial charge on any atom is -0.241 e. The largest absolute Gasteiger partial charge is 0.241 e. The van der Waals surface area contributed by atoms with Crippen LogP contribution < -0.4 is 0 Å². The van der Waals surface area contributed by atoms with E-state index in [9.17, 15) is 0 Å². The van der Waals surface area contributed by atoms with Crippen LogP contribution in [0.5, 0.6) is 0 Å². The highest BCUT2D eigenvalue weighted by atomic mass is 32.2. The Balaban J connectivity index is 2.88. The average molecular weight is 140 g/mol. The summed E-state index contributed by atoms with van der Waals surface area (Å²) in [5.41, 5.74) is 0. The number of hydrogen-bond acceptors (Lipinski definition) is 3. The van der Waals surface area contributed by atoms with Crippen molar-refractivity contribution in [3.8, 4) is 0 Å². The third-order valence-corrected chi connectivity index (χ3v) is 1.68. The first kappa shape index (κ1) is 6.55. The molecular weight excluding hydrogens is 132 g/mol. The van der Waals surface area contributed by atoms with Gasteiger partial charge in [0.15, 0.2) is 0 Å². The standard InChI is InChI=1S/C6H8N2S/c1-5-7-3-6(9-2)4-8-5/h3-4H,1-2H3. The molecule has 0 aromatic carbocycles. The fourth-order valence-electron chi connectivity index (χ4n) is 0.486. The zero-order valence-corrected chi connectivity index (χ0v) is 6.27. The Bertz CT molecular complexity index is 183. The predicted molar refractivity (Wildman–Crippen MR) is 38.6 cm³/mol. The van der Waals surface area contributed by atoms with Crippen molar-refractivity contribution in [1.82, 2.24) is 9.97 Å². The molecule has 1 aromatic heterocycles. The lowest BCUT2D eigenvalue weighted by atomic mass is 10.6. The van der Waals surface area contributed by atoms with Gasteiger partial charge in [0.25, 0.3) is 0 Å².